The third-order valence-corrected chi connectivity index (χ3v) is 8.99. The molecular weight excluding hydrogens is 544 g/mol. The first-order valence-corrected chi connectivity index (χ1v) is 14.8. The molecule has 0 bridgehead atoms. The average molecular weight is 571 g/mol. The molecule has 11 nitrogen and oxygen atoms in total. The lowest BCUT2D eigenvalue weighted by Gasteiger charge is -2.27. The van der Waals surface area contributed by atoms with Gasteiger partial charge in [-0.3, -0.25) is 14.4 Å². The maximum absolute atomic E-state index is 13.8. The van der Waals surface area contributed by atoms with Gasteiger partial charge < -0.3 is 5.32 Å². The molecule has 3 aromatic rings. The van der Waals surface area contributed by atoms with Gasteiger partial charge in [-0.2, -0.15) is 4.31 Å². The van der Waals surface area contributed by atoms with Crippen LogP contribution in [0.4, 0.5) is 11.4 Å². The van der Waals surface area contributed by atoms with Gasteiger partial charge in [-0.05, 0) is 60.5 Å². The van der Waals surface area contributed by atoms with Gasteiger partial charge in [0.1, 0.15) is 6.04 Å². The van der Waals surface area contributed by atoms with Crippen LogP contribution >= 0.6 is 0 Å². The molecule has 0 aliphatic carbocycles. The lowest BCUT2D eigenvalue weighted by molar-refractivity contribution is -0.122. The highest BCUT2D eigenvalue weighted by molar-refractivity contribution is 7.89. The van der Waals surface area contributed by atoms with Gasteiger partial charge in [0.2, 0.25) is 31.9 Å². The first-order chi connectivity index (χ1) is 18.4. The first kappa shape index (κ1) is 28.1. The van der Waals surface area contributed by atoms with Gasteiger partial charge in [-0.15, -0.1) is 0 Å². The van der Waals surface area contributed by atoms with E-state index in [1.165, 1.54) is 55.5 Å². The van der Waals surface area contributed by atoms with Crippen molar-refractivity contribution in [1.29, 1.82) is 0 Å². The lowest BCUT2D eigenvalue weighted by Crippen LogP contribution is -2.46. The number of hydrogen-bond donors (Lipinski definition) is 2. The minimum atomic E-state index is -4.26. The highest BCUT2D eigenvalue weighted by atomic mass is 32.2. The fourth-order valence-corrected chi connectivity index (χ4v) is 6.37. The van der Waals surface area contributed by atoms with E-state index < -0.39 is 44.3 Å². The number of anilines is 2. The maximum atomic E-state index is 13.8. The van der Waals surface area contributed by atoms with Crippen molar-refractivity contribution in [1.82, 2.24) is 4.31 Å². The topological polar surface area (TPSA) is 164 Å². The second-order valence-electron chi connectivity index (χ2n) is 8.88. The van der Waals surface area contributed by atoms with Crippen LogP contribution in [-0.2, 0) is 40.9 Å². The quantitative estimate of drug-likeness (QED) is 0.371. The summed E-state index contributed by atoms with van der Waals surface area (Å²) in [5, 5.41) is 7.69. The van der Waals surface area contributed by atoms with Crippen molar-refractivity contribution in [3.8, 4) is 0 Å². The third kappa shape index (κ3) is 6.23. The Morgan fingerprint density at radius 3 is 2.08 bits per heavy atom. The molecule has 1 atom stereocenters. The standard InChI is InChI=1S/C26H26N4O7S2/c1-18(31)28-20-7-11-23(12-8-20)39(36,37)29(16-15-19-5-3-2-4-6-19)24-17-25(32)30(26(24)33)21-9-13-22(14-10-21)38(27,34)35/h2-14,24H,15-17H2,1H3,(H,28,31)(H2,27,34,35). The Morgan fingerprint density at radius 1 is 0.923 bits per heavy atom. The smallest absolute Gasteiger partial charge is 0.252 e. The number of carbonyl (C=O) groups excluding carboxylic acids is 3. The van der Waals surface area contributed by atoms with Crippen LogP contribution in [0.3, 0.4) is 0 Å². The summed E-state index contributed by atoms with van der Waals surface area (Å²) in [7, 11) is -8.25. The van der Waals surface area contributed by atoms with Crippen LogP contribution < -0.4 is 15.4 Å². The molecule has 4 rings (SSSR count). The Balaban J connectivity index is 1.67. The fourth-order valence-electron chi connectivity index (χ4n) is 4.27. The normalized spacial score (nSPS) is 16.1. The number of nitrogens with two attached hydrogens (primary N) is 1. The zero-order valence-electron chi connectivity index (χ0n) is 20.9. The summed E-state index contributed by atoms with van der Waals surface area (Å²) in [6.07, 6.45) is -0.112. The molecule has 1 saturated heterocycles. The number of hydrogen-bond acceptors (Lipinski definition) is 7. The van der Waals surface area contributed by atoms with Crippen LogP contribution in [0.2, 0.25) is 0 Å². The lowest BCUT2D eigenvalue weighted by atomic mass is 10.1. The molecule has 3 aromatic carbocycles. The highest BCUT2D eigenvalue weighted by Gasteiger charge is 2.46. The Hall–Kier alpha value is -3.91. The zero-order chi connectivity index (χ0) is 28.4. The van der Waals surface area contributed by atoms with Gasteiger partial charge >= 0.3 is 0 Å². The Kier molecular flexibility index (Phi) is 7.97. The number of nitrogens with one attached hydrogen (secondary N) is 1. The van der Waals surface area contributed by atoms with Gasteiger partial charge in [0.15, 0.2) is 0 Å². The second-order valence-corrected chi connectivity index (χ2v) is 12.3. The molecule has 1 aliphatic heterocycles. The van der Waals surface area contributed by atoms with E-state index in [9.17, 15) is 31.2 Å². The number of benzene rings is 3. The molecule has 1 aliphatic rings. The van der Waals surface area contributed by atoms with Gasteiger partial charge in [-0.1, -0.05) is 30.3 Å². The van der Waals surface area contributed by atoms with Gasteiger partial charge in [0.25, 0.3) is 5.91 Å². The fraction of sp³-hybridized carbons (Fsp3) is 0.192. The van der Waals surface area contributed by atoms with E-state index in [1.807, 2.05) is 30.3 Å². The summed E-state index contributed by atoms with van der Waals surface area (Å²) in [6.45, 7) is 1.24. The summed E-state index contributed by atoms with van der Waals surface area (Å²) in [4.78, 5) is 38.4. The van der Waals surface area contributed by atoms with E-state index in [0.29, 0.717) is 5.69 Å². The van der Waals surface area contributed by atoms with E-state index >= 15 is 0 Å². The van der Waals surface area contributed by atoms with Crippen molar-refractivity contribution >= 4 is 49.1 Å². The molecule has 13 heteroatoms. The number of rotatable bonds is 9. The predicted octanol–water partition coefficient (Wildman–Crippen LogP) is 1.86. The average Bonchev–Trinajstić information content (AvgIpc) is 3.17. The van der Waals surface area contributed by atoms with Crippen molar-refractivity contribution in [3.05, 3.63) is 84.4 Å². The van der Waals surface area contributed by atoms with Crippen LogP contribution in [0.1, 0.15) is 18.9 Å². The van der Waals surface area contributed by atoms with Crippen LogP contribution in [0, 0.1) is 0 Å². The van der Waals surface area contributed by atoms with Crippen molar-refractivity contribution in [2.45, 2.75) is 35.6 Å². The van der Waals surface area contributed by atoms with E-state index in [1.54, 1.807) is 0 Å². The van der Waals surface area contributed by atoms with Crippen molar-refractivity contribution in [2.75, 3.05) is 16.8 Å². The van der Waals surface area contributed by atoms with Crippen molar-refractivity contribution in [3.63, 3.8) is 0 Å². The summed E-state index contributed by atoms with van der Waals surface area (Å²) in [5.74, 6) is -1.70. The number of imide groups is 1. The van der Waals surface area contributed by atoms with Crippen LogP contribution in [0.15, 0.2) is 88.7 Å². The number of amides is 3. The number of carbonyl (C=O) groups is 3. The molecule has 0 radical (unpaired) electrons. The summed E-state index contributed by atoms with van der Waals surface area (Å²) < 4.78 is 51.8. The van der Waals surface area contributed by atoms with Crippen LogP contribution in [0.25, 0.3) is 0 Å². The molecule has 204 valence electrons. The van der Waals surface area contributed by atoms with Gasteiger partial charge in [-0.25, -0.2) is 26.9 Å². The van der Waals surface area contributed by atoms with E-state index in [2.05, 4.69) is 5.32 Å². The maximum Gasteiger partial charge on any atom is 0.252 e. The molecule has 0 aromatic heterocycles. The second kappa shape index (κ2) is 11.1. The molecule has 39 heavy (non-hydrogen) atoms. The highest BCUT2D eigenvalue weighted by Crippen LogP contribution is 2.30. The van der Waals surface area contributed by atoms with Gasteiger partial charge in [0.05, 0.1) is 21.9 Å². The predicted molar refractivity (Wildman–Crippen MR) is 143 cm³/mol. The SMILES string of the molecule is CC(=O)Nc1ccc(S(=O)(=O)N(CCc2ccccc2)C2CC(=O)N(c3ccc(S(N)(=O)=O)cc3)C2=O)cc1. The molecule has 1 heterocycles. The summed E-state index contributed by atoms with van der Waals surface area (Å²) >= 11 is 0. The molecular formula is C26H26N4O7S2. The minimum Gasteiger partial charge on any atom is -0.326 e. The number of sulfonamides is 2. The summed E-state index contributed by atoms with van der Waals surface area (Å²) in [6, 6.07) is 18.2. The Bertz CT molecular complexity index is 1610. The molecule has 0 spiro atoms. The monoisotopic (exact) mass is 570 g/mol. The molecule has 3 N–H and O–H groups in total. The van der Waals surface area contributed by atoms with Crippen LogP contribution in [0.5, 0.6) is 0 Å². The van der Waals surface area contributed by atoms with Gasteiger partial charge in [0, 0.05) is 19.2 Å². The zero-order valence-corrected chi connectivity index (χ0v) is 22.5. The molecule has 0 saturated carbocycles. The van der Waals surface area contributed by atoms with Crippen LogP contribution in [-0.4, -0.2) is 51.4 Å². The van der Waals surface area contributed by atoms with Crippen molar-refractivity contribution in [2.24, 2.45) is 5.14 Å². The van der Waals surface area contributed by atoms with E-state index in [-0.39, 0.29) is 34.4 Å². The first-order valence-electron chi connectivity index (χ1n) is 11.8. The molecule has 1 fully saturated rings. The van der Waals surface area contributed by atoms with Crippen molar-refractivity contribution < 1.29 is 31.2 Å². The Morgan fingerprint density at radius 2 is 1.51 bits per heavy atom. The minimum absolute atomic E-state index is 0.0817. The molecule has 1 unspecified atom stereocenters. The molecule has 3 amide bonds. The largest absolute Gasteiger partial charge is 0.326 e. The number of primary sulfonamides is 1. The summed E-state index contributed by atoms with van der Waals surface area (Å²) in [5.41, 5.74) is 1.34. The van der Waals surface area contributed by atoms with E-state index in [4.69, 9.17) is 5.14 Å². The van der Waals surface area contributed by atoms with E-state index in [0.717, 1.165) is 14.8 Å². The Labute approximate surface area is 226 Å². The number of nitrogens with zero attached hydrogens (tertiary/aromatic N) is 2. The third-order valence-electron chi connectivity index (χ3n) is 6.14.